The molecule has 9 aromatic carbocycles. The normalized spacial score (nSPS) is 10.3. The average molecular weight is 1160 g/mol. The molecule has 448 valence electrons. The standard InChI is InChI=1S/C24H23N.C21H25NO.C20H23N.C18H19N/c1-2-3-4-5-19-6-10-21(11-7-19)23-14-16-24(17-15-23)22-12-8-20(18-25)9-13-22;1-2-3-4-5-6-7-16-23-21-14-12-20(13-15-21)19-10-8-18(17-22)9-11-19;1-2-3-4-5-6-7-17-8-12-19(13-9-17)20-14-10-18(16-21)11-15-20;1-2-3-4-5-15-6-10-17(11-7-15)18-12-8-16(14-19)9-13-18/h6-17H,2-5H2,1H3;8-15H,2-7,16H2,1H3;8-15H,2-7H2,1H3;6-13H,2-5H2,1H3. The first-order valence-electron chi connectivity index (χ1n) is 32.4. The number of aryl methyl sites for hydroxylation is 3. The highest BCUT2D eigenvalue weighted by molar-refractivity contribution is 5.71. The van der Waals surface area contributed by atoms with Crippen molar-refractivity contribution in [3.05, 3.63) is 257 Å². The van der Waals surface area contributed by atoms with Crippen LogP contribution in [-0.4, -0.2) is 6.61 Å². The fraction of sp³-hybridized carbons (Fsp3) is 0.301. The lowest BCUT2D eigenvalue weighted by molar-refractivity contribution is 0.304. The quantitative estimate of drug-likeness (QED) is 0.0477. The molecule has 0 atom stereocenters. The largest absolute Gasteiger partial charge is 0.494 e. The summed E-state index contributed by atoms with van der Waals surface area (Å²) in [4.78, 5) is 0. The lowest BCUT2D eigenvalue weighted by atomic mass is 9.98. The van der Waals surface area contributed by atoms with Gasteiger partial charge in [0.05, 0.1) is 53.1 Å². The Balaban J connectivity index is 0.000000188. The first-order chi connectivity index (χ1) is 43.3. The summed E-state index contributed by atoms with van der Waals surface area (Å²) in [5.41, 5.74) is 18.9. The van der Waals surface area contributed by atoms with E-state index < -0.39 is 0 Å². The molecule has 0 N–H and O–H groups in total. The van der Waals surface area contributed by atoms with Gasteiger partial charge in [-0.25, -0.2) is 0 Å². The number of rotatable bonds is 27. The molecule has 9 aromatic rings. The lowest BCUT2D eigenvalue weighted by Crippen LogP contribution is -1.97. The van der Waals surface area contributed by atoms with Crippen LogP contribution in [0.15, 0.2) is 218 Å². The molecule has 0 radical (unpaired) electrons. The zero-order valence-corrected chi connectivity index (χ0v) is 52.8. The summed E-state index contributed by atoms with van der Waals surface area (Å²) in [5.74, 6) is 0.927. The van der Waals surface area contributed by atoms with Gasteiger partial charge in [-0.15, -0.1) is 0 Å². The van der Waals surface area contributed by atoms with Crippen LogP contribution in [0, 0.1) is 45.3 Å². The Morgan fingerprint density at radius 3 is 0.682 bits per heavy atom. The molecule has 5 nitrogen and oxygen atoms in total. The van der Waals surface area contributed by atoms with Crippen LogP contribution >= 0.6 is 0 Å². The van der Waals surface area contributed by atoms with Crippen LogP contribution in [-0.2, 0) is 19.3 Å². The number of nitriles is 4. The van der Waals surface area contributed by atoms with Crippen molar-refractivity contribution >= 4 is 0 Å². The third-order valence-corrected chi connectivity index (χ3v) is 15.8. The van der Waals surface area contributed by atoms with E-state index in [1.54, 1.807) is 0 Å². The molecule has 0 saturated heterocycles. The second-order valence-corrected chi connectivity index (χ2v) is 22.6. The predicted molar refractivity (Wildman–Crippen MR) is 370 cm³/mol. The number of hydrogen-bond donors (Lipinski definition) is 0. The molecular formula is C83H90N4O. The zero-order valence-electron chi connectivity index (χ0n) is 52.8. The summed E-state index contributed by atoms with van der Waals surface area (Å²) >= 11 is 0. The molecule has 0 saturated carbocycles. The van der Waals surface area contributed by atoms with Crippen molar-refractivity contribution < 1.29 is 4.74 Å². The van der Waals surface area contributed by atoms with Crippen LogP contribution in [0.25, 0.3) is 55.6 Å². The Labute approximate surface area is 528 Å². The Bertz CT molecular complexity index is 3520. The van der Waals surface area contributed by atoms with Crippen molar-refractivity contribution in [2.75, 3.05) is 6.61 Å². The Kier molecular flexibility index (Phi) is 31.0. The summed E-state index contributed by atoms with van der Waals surface area (Å²) in [6.07, 6.45) is 25.5. The van der Waals surface area contributed by atoms with Gasteiger partial charge in [-0.1, -0.05) is 269 Å². The minimum Gasteiger partial charge on any atom is -0.494 e. The molecule has 9 rings (SSSR count). The van der Waals surface area contributed by atoms with E-state index in [4.69, 9.17) is 25.8 Å². The average Bonchev–Trinajstić information content (AvgIpc) is 3.70. The van der Waals surface area contributed by atoms with Crippen molar-refractivity contribution in [3.63, 3.8) is 0 Å². The molecule has 5 heteroatoms. The van der Waals surface area contributed by atoms with Crippen LogP contribution < -0.4 is 4.74 Å². The van der Waals surface area contributed by atoms with E-state index in [1.807, 2.05) is 109 Å². The van der Waals surface area contributed by atoms with Crippen molar-refractivity contribution in [1.82, 2.24) is 0 Å². The Hall–Kier alpha value is -9.26. The highest BCUT2D eigenvalue weighted by atomic mass is 16.5. The molecule has 0 aliphatic carbocycles. The highest BCUT2D eigenvalue weighted by Crippen LogP contribution is 2.28. The second kappa shape index (κ2) is 40.2. The van der Waals surface area contributed by atoms with Gasteiger partial charge in [0.25, 0.3) is 0 Å². The van der Waals surface area contributed by atoms with E-state index in [0.717, 1.165) is 35.5 Å². The summed E-state index contributed by atoms with van der Waals surface area (Å²) in [6.45, 7) is 9.76. The van der Waals surface area contributed by atoms with Gasteiger partial charge in [-0.2, -0.15) is 21.0 Å². The van der Waals surface area contributed by atoms with Gasteiger partial charge in [-0.05, 0) is 178 Å². The summed E-state index contributed by atoms with van der Waals surface area (Å²) in [6, 6.07) is 82.8. The van der Waals surface area contributed by atoms with E-state index in [0.29, 0.717) is 22.3 Å². The summed E-state index contributed by atoms with van der Waals surface area (Å²) < 4.78 is 5.80. The molecular weight excluding hydrogens is 1070 g/mol. The topological polar surface area (TPSA) is 104 Å². The highest BCUT2D eigenvalue weighted by Gasteiger charge is 2.05. The van der Waals surface area contributed by atoms with Crippen LogP contribution in [0.4, 0.5) is 0 Å². The number of hydrogen-bond acceptors (Lipinski definition) is 5. The molecule has 0 unspecified atom stereocenters. The SMILES string of the molecule is CCCCCCCCOc1ccc(-c2ccc(C#N)cc2)cc1.CCCCCCCc1ccc(-c2ccc(C#N)cc2)cc1.CCCCCc1ccc(-c2ccc(-c3ccc(C#N)cc3)cc2)cc1.CCCCCc1ccc(-c2ccc(C#N)cc2)cc1. The van der Waals surface area contributed by atoms with Crippen LogP contribution in [0.5, 0.6) is 5.75 Å². The lowest BCUT2D eigenvalue weighted by Gasteiger charge is -2.07. The third-order valence-electron chi connectivity index (χ3n) is 15.8. The summed E-state index contributed by atoms with van der Waals surface area (Å²) in [7, 11) is 0. The van der Waals surface area contributed by atoms with Crippen LogP contribution in [0.1, 0.15) is 176 Å². The summed E-state index contributed by atoms with van der Waals surface area (Å²) in [5, 5.41) is 35.3. The molecule has 0 aromatic heterocycles. The van der Waals surface area contributed by atoms with Gasteiger partial charge in [0.15, 0.2) is 0 Å². The maximum absolute atomic E-state index is 8.89. The molecule has 0 fully saturated rings. The van der Waals surface area contributed by atoms with E-state index in [-0.39, 0.29) is 0 Å². The minimum atomic E-state index is 0.688. The van der Waals surface area contributed by atoms with Gasteiger partial charge in [0, 0.05) is 0 Å². The van der Waals surface area contributed by atoms with Crippen molar-refractivity contribution in [2.45, 2.75) is 156 Å². The maximum atomic E-state index is 8.89. The van der Waals surface area contributed by atoms with E-state index in [2.05, 4.69) is 161 Å². The van der Waals surface area contributed by atoms with Crippen molar-refractivity contribution in [2.24, 2.45) is 0 Å². The molecule has 0 spiro atoms. The number of ether oxygens (including phenoxy) is 1. The molecule has 88 heavy (non-hydrogen) atoms. The van der Waals surface area contributed by atoms with E-state index in [9.17, 15) is 0 Å². The maximum Gasteiger partial charge on any atom is 0.119 e. The second-order valence-electron chi connectivity index (χ2n) is 22.6. The first-order valence-corrected chi connectivity index (χ1v) is 32.4. The van der Waals surface area contributed by atoms with Gasteiger partial charge in [0.2, 0.25) is 0 Å². The van der Waals surface area contributed by atoms with Crippen molar-refractivity contribution in [3.8, 4) is 85.7 Å². The van der Waals surface area contributed by atoms with Gasteiger partial charge in [0.1, 0.15) is 5.75 Å². The van der Waals surface area contributed by atoms with Gasteiger partial charge < -0.3 is 4.74 Å². The van der Waals surface area contributed by atoms with Gasteiger partial charge in [-0.3, -0.25) is 0 Å². The van der Waals surface area contributed by atoms with Gasteiger partial charge >= 0.3 is 0 Å². The zero-order chi connectivity index (χ0) is 62.2. The first kappa shape index (κ1) is 67.9. The van der Waals surface area contributed by atoms with E-state index in [1.165, 1.54) is 178 Å². The van der Waals surface area contributed by atoms with Crippen LogP contribution in [0.3, 0.4) is 0 Å². The molecule has 0 aliphatic heterocycles. The molecule has 0 aliphatic rings. The monoisotopic (exact) mass is 1160 g/mol. The molecule has 0 amide bonds. The van der Waals surface area contributed by atoms with E-state index >= 15 is 0 Å². The molecule has 0 heterocycles. The van der Waals surface area contributed by atoms with Crippen molar-refractivity contribution in [1.29, 1.82) is 21.0 Å². The van der Waals surface area contributed by atoms with Crippen LogP contribution in [0.2, 0.25) is 0 Å². The fourth-order valence-corrected chi connectivity index (χ4v) is 10.3. The Morgan fingerprint density at radius 2 is 0.420 bits per heavy atom. The number of benzene rings is 9. The Morgan fingerprint density at radius 1 is 0.227 bits per heavy atom. The predicted octanol–water partition coefficient (Wildman–Crippen LogP) is 23.3. The number of unbranched alkanes of at least 4 members (excludes halogenated alkanes) is 13. The third kappa shape index (κ3) is 24.2. The minimum absolute atomic E-state index is 0.688. The fourth-order valence-electron chi connectivity index (χ4n) is 10.3. The number of nitrogens with zero attached hydrogens (tertiary/aromatic N) is 4. The molecule has 0 bridgehead atoms. The smallest absolute Gasteiger partial charge is 0.119 e.